The number of fused-ring (bicyclic) bond motifs is 3. The van der Waals surface area contributed by atoms with Gasteiger partial charge in [-0.15, -0.1) is 0 Å². The zero-order chi connectivity index (χ0) is 18.4. The van der Waals surface area contributed by atoms with Crippen molar-refractivity contribution in [3.8, 4) is 5.75 Å². The van der Waals surface area contributed by atoms with Crippen LogP contribution in [0.4, 0.5) is 11.4 Å². The maximum atomic E-state index is 11.2. The second-order valence-electron chi connectivity index (χ2n) is 7.35. The van der Waals surface area contributed by atoms with Crippen LogP contribution in [0, 0.1) is 16.0 Å². The normalized spacial score (nSPS) is 25.9. The number of rotatable bonds is 4. The fourth-order valence-electron chi connectivity index (χ4n) is 4.28. The smallest absolute Gasteiger partial charge is 0.269 e. The van der Waals surface area contributed by atoms with Gasteiger partial charge in [-0.25, -0.2) is 0 Å². The summed E-state index contributed by atoms with van der Waals surface area (Å²) in [5.41, 5.74) is 3.38. The first-order valence-electron chi connectivity index (χ1n) is 9.25. The SMILES string of the molecule is O=[N+]([O-])c1ccc2c(c1)[C@@H]1C=CC[C@@H]1[C@H](c1cccc(OC3CSC3)c1)N2. The quantitative estimate of drug-likeness (QED) is 0.464. The van der Waals surface area contributed by atoms with Gasteiger partial charge in [-0.05, 0) is 41.7 Å². The van der Waals surface area contributed by atoms with Gasteiger partial charge in [-0.3, -0.25) is 10.1 Å². The molecule has 2 aromatic carbocycles. The third kappa shape index (κ3) is 2.98. The van der Waals surface area contributed by atoms with E-state index >= 15 is 0 Å². The molecule has 0 spiro atoms. The van der Waals surface area contributed by atoms with Gasteiger partial charge in [0.25, 0.3) is 5.69 Å². The number of non-ortho nitro benzene ring substituents is 1. The average molecular weight is 380 g/mol. The van der Waals surface area contributed by atoms with Gasteiger partial charge in [0.1, 0.15) is 11.9 Å². The highest BCUT2D eigenvalue weighted by Crippen LogP contribution is 2.50. The first kappa shape index (κ1) is 16.7. The van der Waals surface area contributed by atoms with Crippen LogP contribution in [0.15, 0.2) is 54.6 Å². The molecular weight excluding hydrogens is 360 g/mol. The molecule has 2 aromatic rings. The van der Waals surface area contributed by atoms with E-state index in [2.05, 4.69) is 35.7 Å². The number of allylic oxidation sites excluding steroid dienone is 2. The van der Waals surface area contributed by atoms with Crippen LogP contribution in [0.1, 0.15) is 29.5 Å². The van der Waals surface area contributed by atoms with Gasteiger partial charge >= 0.3 is 0 Å². The number of benzene rings is 2. The number of nitro groups is 1. The Balaban J connectivity index is 1.47. The summed E-state index contributed by atoms with van der Waals surface area (Å²) < 4.78 is 6.07. The van der Waals surface area contributed by atoms with Crippen LogP contribution >= 0.6 is 11.8 Å². The number of nitro benzene ring substituents is 1. The van der Waals surface area contributed by atoms with E-state index in [1.54, 1.807) is 12.1 Å². The molecular formula is C21H20N2O3S. The van der Waals surface area contributed by atoms with E-state index in [0.29, 0.717) is 12.0 Å². The molecule has 0 radical (unpaired) electrons. The molecule has 1 fully saturated rings. The molecule has 5 nitrogen and oxygen atoms in total. The van der Waals surface area contributed by atoms with Gasteiger partial charge in [0.15, 0.2) is 0 Å². The number of hydrogen-bond acceptors (Lipinski definition) is 5. The Hall–Kier alpha value is -2.47. The highest BCUT2D eigenvalue weighted by Gasteiger charge is 2.38. The van der Waals surface area contributed by atoms with Crippen LogP contribution < -0.4 is 10.1 Å². The van der Waals surface area contributed by atoms with E-state index < -0.39 is 0 Å². The van der Waals surface area contributed by atoms with Crippen molar-refractivity contribution in [2.75, 3.05) is 16.8 Å². The summed E-state index contributed by atoms with van der Waals surface area (Å²) in [6.07, 6.45) is 5.69. The third-order valence-corrected chi connectivity index (χ3v) is 6.90. The lowest BCUT2D eigenvalue weighted by Gasteiger charge is -2.37. The van der Waals surface area contributed by atoms with Crippen LogP contribution in [0.2, 0.25) is 0 Å². The average Bonchev–Trinajstić information content (AvgIpc) is 3.14. The third-order valence-electron chi connectivity index (χ3n) is 5.68. The lowest BCUT2D eigenvalue weighted by molar-refractivity contribution is -0.384. The second kappa shape index (κ2) is 6.60. The summed E-state index contributed by atoms with van der Waals surface area (Å²) in [6, 6.07) is 13.7. The number of hydrogen-bond donors (Lipinski definition) is 1. The predicted octanol–water partition coefficient (Wildman–Crippen LogP) is 4.92. The number of nitrogens with zero attached hydrogens (tertiary/aromatic N) is 1. The number of thioether (sulfide) groups is 1. The summed E-state index contributed by atoms with van der Waals surface area (Å²) in [7, 11) is 0. The molecule has 0 aromatic heterocycles. The van der Waals surface area contributed by atoms with Gasteiger partial charge < -0.3 is 10.1 Å². The summed E-state index contributed by atoms with van der Waals surface area (Å²) in [5.74, 6) is 3.61. The Labute approximate surface area is 162 Å². The topological polar surface area (TPSA) is 64.4 Å². The standard InChI is InChI=1S/C21H20N2O3S/c24-23(25)14-7-8-20-19(10-14)17-5-2-6-18(17)21(22-20)13-3-1-4-15(9-13)26-16-11-27-12-16/h1-5,7-10,16-18,21-22H,6,11-12H2/t17-,18+,21+/m1/s1. The summed E-state index contributed by atoms with van der Waals surface area (Å²) >= 11 is 1.91. The van der Waals surface area contributed by atoms with Crippen LogP contribution in [0.3, 0.4) is 0 Å². The van der Waals surface area contributed by atoms with Gasteiger partial charge in [0, 0.05) is 35.2 Å². The minimum atomic E-state index is -0.320. The monoisotopic (exact) mass is 380 g/mol. The highest BCUT2D eigenvalue weighted by atomic mass is 32.2. The number of ether oxygens (including phenoxy) is 1. The number of anilines is 1. The molecule has 6 heteroatoms. The van der Waals surface area contributed by atoms with E-state index in [4.69, 9.17) is 4.74 Å². The largest absolute Gasteiger partial charge is 0.489 e. The van der Waals surface area contributed by atoms with Gasteiger partial charge in [0.2, 0.25) is 0 Å². The van der Waals surface area contributed by atoms with Crippen LogP contribution in [-0.2, 0) is 0 Å². The Kier molecular flexibility index (Phi) is 4.08. The molecule has 0 bridgehead atoms. The summed E-state index contributed by atoms with van der Waals surface area (Å²) in [4.78, 5) is 10.9. The van der Waals surface area contributed by atoms with Crippen LogP contribution in [-0.4, -0.2) is 22.5 Å². The molecule has 3 aliphatic rings. The maximum absolute atomic E-state index is 11.2. The lowest BCUT2D eigenvalue weighted by atomic mass is 9.77. The molecule has 2 aliphatic heterocycles. The van der Waals surface area contributed by atoms with Gasteiger partial charge in [-0.1, -0.05) is 24.3 Å². The van der Waals surface area contributed by atoms with Crippen molar-refractivity contribution in [2.45, 2.75) is 24.5 Å². The van der Waals surface area contributed by atoms with E-state index in [1.807, 2.05) is 23.9 Å². The molecule has 1 N–H and O–H groups in total. The van der Waals surface area contributed by atoms with Crippen molar-refractivity contribution in [3.05, 3.63) is 75.9 Å². The van der Waals surface area contributed by atoms with Crippen molar-refractivity contribution in [2.24, 2.45) is 5.92 Å². The van der Waals surface area contributed by atoms with Crippen molar-refractivity contribution >= 4 is 23.1 Å². The van der Waals surface area contributed by atoms with Crippen molar-refractivity contribution in [1.82, 2.24) is 0 Å². The summed E-state index contributed by atoms with van der Waals surface area (Å²) in [5, 5.41) is 14.8. The fraction of sp³-hybridized carbons (Fsp3) is 0.333. The molecule has 1 aliphatic carbocycles. The Morgan fingerprint density at radius 2 is 2.07 bits per heavy atom. The minimum Gasteiger partial charge on any atom is -0.489 e. The maximum Gasteiger partial charge on any atom is 0.269 e. The zero-order valence-corrected chi connectivity index (χ0v) is 15.5. The minimum absolute atomic E-state index is 0.154. The first-order valence-corrected chi connectivity index (χ1v) is 10.4. The van der Waals surface area contributed by atoms with Crippen molar-refractivity contribution in [3.63, 3.8) is 0 Å². The van der Waals surface area contributed by atoms with E-state index in [9.17, 15) is 10.1 Å². The molecule has 3 atom stereocenters. The predicted molar refractivity (Wildman–Crippen MR) is 108 cm³/mol. The molecule has 5 rings (SSSR count). The molecule has 0 unspecified atom stereocenters. The van der Waals surface area contributed by atoms with E-state index in [1.165, 1.54) is 5.56 Å². The first-order chi connectivity index (χ1) is 13.2. The molecule has 138 valence electrons. The van der Waals surface area contributed by atoms with Gasteiger partial charge in [0.05, 0.1) is 11.0 Å². The molecule has 0 saturated carbocycles. The molecule has 1 saturated heterocycles. The van der Waals surface area contributed by atoms with Crippen LogP contribution in [0.5, 0.6) is 5.75 Å². The van der Waals surface area contributed by atoms with E-state index in [0.717, 1.165) is 34.9 Å². The Morgan fingerprint density at radius 3 is 2.85 bits per heavy atom. The molecule has 0 amide bonds. The van der Waals surface area contributed by atoms with Crippen molar-refractivity contribution < 1.29 is 9.66 Å². The van der Waals surface area contributed by atoms with Crippen molar-refractivity contribution in [1.29, 1.82) is 0 Å². The number of nitrogens with one attached hydrogen (secondary N) is 1. The second-order valence-corrected chi connectivity index (χ2v) is 8.43. The van der Waals surface area contributed by atoms with Gasteiger partial charge in [-0.2, -0.15) is 11.8 Å². The summed E-state index contributed by atoms with van der Waals surface area (Å²) in [6.45, 7) is 0. The van der Waals surface area contributed by atoms with E-state index in [-0.39, 0.29) is 22.6 Å². The highest BCUT2D eigenvalue weighted by molar-refractivity contribution is 8.00. The molecule has 27 heavy (non-hydrogen) atoms. The Morgan fingerprint density at radius 1 is 1.19 bits per heavy atom. The molecule has 2 heterocycles. The lowest BCUT2D eigenvalue weighted by Crippen LogP contribution is -2.31. The van der Waals surface area contributed by atoms with Crippen LogP contribution in [0.25, 0.3) is 0 Å². The fourth-order valence-corrected chi connectivity index (χ4v) is 4.85. The Bertz CT molecular complexity index is 925. The zero-order valence-electron chi connectivity index (χ0n) is 14.7.